The molecule has 5 heterocycles. The summed E-state index contributed by atoms with van der Waals surface area (Å²) in [5.74, 6) is -2.73. The summed E-state index contributed by atoms with van der Waals surface area (Å²) >= 11 is 0. The first-order valence-corrected chi connectivity index (χ1v) is 28.1. The molecule has 0 bridgehead atoms. The van der Waals surface area contributed by atoms with Gasteiger partial charge in [0.05, 0.1) is 52.3 Å². The lowest BCUT2D eigenvalue weighted by Gasteiger charge is -2.49. The van der Waals surface area contributed by atoms with Crippen LogP contribution >= 0.6 is 0 Å². The highest BCUT2D eigenvalue weighted by molar-refractivity contribution is 7.81. The van der Waals surface area contributed by atoms with Crippen LogP contribution in [0.4, 0.5) is 0 Å². The summed E-state index contributed by atoms with van der Waals surface area (Å²) in [7, 11) is -10.8. The van der Waals surface area contributed by atoms with Gasteiger partial charge in [0.25, 0.3) is 0 Å². The fourth-order valence-corrected chi connectivity index (χ4v) is 10.6. The molecule has 0 unspecified atom stereocenters. The number of carbonyl (C=O) groups excluding carboxylic acids is 3. The molecule has 5 aliphatic heterocycles. The Bertz CT molecular complexity index is 2340. The monoisotopic (exact) mass is 1280 g/mol. The van der Waals surface area contributed by atoms with Gasteiger partial charge in [-0.25, -0.2) is 8.37 Å². The molecule has 0 radical (unpaired) electrons. The molecule has 21 N–H and O–H groups in total. The zero-order chi connectivity index (χ0) is 63.0. The van der Waals surface area contributed by atoms with Crippen LogP contribution in [-0.2, 0) is 90.9 Å². The molecule has 84 heavy (non-hydrogen) atoms. The average Bonchev–Trinajstić information content (AvgIpc) is 3.36. The van der Waals surface area contributed by atoms with Gasteiger partial charge in [0.15, 0.2) is 31.5 Å². The van der Waals surface area contributed by atoms with E-state index in [0.29, 0.717) is 0 Å². The van der Waals surface area contributed by atoms with Crippen molar-refractivity contribution >= 4 is 38.5 Å². The van der Waals surface area contributed by atoms with Gasteiger partial charge in [-0.3, -0.25) is 23.5 Å². The highest BCUT2D eigenvalue weighted by Crippen LogP contribution is 2.35. The predicted molar refractivity (Wildman–Crippen MR) is 257 cm³/mol. The van der Waals surface area contributed by atoms with E-state index in [1.165, 1.54) is 0 Å². The van der Waals surface area contributed by atoms with Crippen LogP contribution in [0.2, 0.25) is 0 Å². The average molecular weight is 1280 g/mol. The minimum absolute atomic E-state index is 0.871. The normalized spacial score (nSPS) is 41.1. The Balaban J connectivity index is 1.49. The third-order valence-corrected chi connectivity index (χ3v) is 14.6. The van der Waals surface area contributed by atoms with Gasteiger partial charge in [0.2, 0.25) is 17.7 Å². The van der Waals surface area contributed by atoms with Crippen LogP contribution in [0.3, 0.4) is 0 Å². The third kappa shape index (κ3) is 18.1. The van der Waals surface area contributed by atoms with Crippen LogP contribution in [0, 0.1) is 0 Å². The van der Waals surface area contributed by atoms with Gasteiger partial charge in [-0.2, -0.15) is 16.8 Å². The summed E-state index contributed by atoms with van der Waals surface area (Å²) < 4.78 is 131. The molecule has 0 aromatic heterocycles. The number of ether oxygens (including phenoxy) is 10. The number of aliphatic hydroxyl groups excluding tert-OH is 16. The van der Waals surface area contributed by atoms with Crippen molar-refractivity contribution in [1.82, 2.24) is 16.0 Å². The number of carbonyl (C=O) groups is 3. The van der Waals surface area contributed by atoms with Crippen LogP contribution < -0.4 is 16.0 Å². The van der Waals surface area contributed by atoms with Crippen molar-refractivity contribution in [2.45, 2.75) is 199 Å². The Kier molecular flexibility index (Phi) is 26.5. The van der Waals surface area contributed by atoms with E-state index < -0.39 is 263 Å². The maximum absolute atomic E-state index is 12.6. The van der Waals surface area contributed by atoms with Crippen molar-refractivity contribution in [1.29, 1.82) is 0 Å². The summed E-state index contributed by atoms with van der Waals surface area (Å²) in [5, 5.41) is 180. The van der Waals surface area contributed by atoms with E-state index in [9.17, 15) is 122 Å². The lowest BCUT2D eigenvalue weighted by molar-refractivity contribution is -0.368. The van der Waals surface area contributed by atoms with Crippen molar-refractivity contribution in [2.75, 3.05) is 46.2 Å². The second kappa shape index (κ2) is 31.0. The summed E-state index contributed by atoms with van der Waals surface area (Å²) in [6, 6.07) is -5.48. The van der Waals surface area contributed by atoms with Gasteiger partial charge >= 0.3 is 20.8 Å². The standard InChI is InChI=1S/C42H73N3O37S2/c1-11(51)43-14(4-46)33(23(55)15(54)5-47)78-41-30(62)35(80-39-21(44-12(2)52)28(60)24(56)19(76-39)9-72-40-31(63)36(81-83(65,66)67)25(57)16(6-48)73-40)27(59)20(77-41)10-71-38-22(45-13(3)53)29(61)34(18(8-50)75-38)79-42-32(64)37(82-84(68,69)70)26(58)17(7-49)74-42/h14-42,46-50,54-64H,4-10H2,1-3H3,(H,43,51)(H,44,52)(H,45,53)(H,65,66,67)(H,68,69,70)/t14-,15+,16+,17+,18+,19+,20+,21+,22+,23-,24+,25-,26-,27-,28+,29+,30+,31+,32+,33+,34+,35-,36-,37-,38+,39-,40+,41-,42-/m0/s1. The van der Waals surface area contributed by atoms with Crippen LogP contribution in [0.1, 0.15) is 20.8 Å². The van der Waals surface area contributed by atoms with E-state index >= 15 is 0 Å². The number of rotatable bonds is 27. The zero-order valence-corrected chi connectivity index (χ0v) is 45.9. The van der Waals surface area contributed by atoms with Crippen molar-refractivity contribution < 1.29 is 178 Å². The molecule has 490 valence electrons. The van der Waals surface area contributed by atoms with Crippen LogP contribution in [-0.4, -0.2) is 349 Å². The largest absolute Gasteiger partial charge is 0.397 e. The van der Waals surface area contributed by atoms with E-state index in [1.54, 1.807) is 0 Å². The summed E-state index contributed by atoms with van der Waals surface area (Å²) in [4.78, 5) is 37.4. The molecule has 5 aliphatic rings. The van der Waals surface area contributed by atoms with Gasteiger partial charge in [0, 0.05) is 20.8 Å². The fourth-order valence-electron chi connectivity index (χ4n) is 9.59. The van der Waals surface area contributed by atoms with Crippen LogP contribution in [0.5, 0.6) is 0 Å². The van der Waals surface area contributed by atoms with Gasteiger partial charge in [0.1, 0.15) is 140 Å². The van der Waals surface area contributed by atoms with Crippen LogP contribution in [0.25, 0.3) is 0 Å². The Hall–Kier alpha value is -2.89. The van der Waals surface area contributed by atoms with Gasteiger partial charge in [-0.05, 0) is 0 Å². The van der Waals surface area contributed by atoms with E-state index in [2.05, 4.69) is 24.3 Å². The maximum atomic E-state index is 12.6. The highest BCUT2D eigenvalue weighted by atomic mass is 32.3. The lowest BCUT2D eigenvalue weighted by Crippen LogP contribution is -2.69. The Morgan fingerprint density at radius 2 is 0.881 bits per heavy atom. The summed E-state index contributed by atoms with van der Waals surface area (Å²) in [6.07, 6.45) is -55.5. The van der Waals surface area contributed by atoms with E-state index in [4.69, 9.17) is 47.4 Å². The third-order valence-electron chi connectivity index (χ3n) is 13.7. The number of amides is 3. The fraction of sp³-hybridized carbons (Fsp3) is 0.929. The quantitative estimate of drug-likeness (QED) is 0.0340. The maximum Gasteiger partial charge on any atom is 0.397 e. The molecule has 5 fully saturated rings. The molecule has 0 saturated carbocycles. The minimum Gasteiger partial charge on any atom is -0.394 e. The second-order valence-electron chi connectivity index (χ2n) is 19.8. The highest BCUT2D eigenvalue weighted by Gasteiger charge is 2.57. The molecular weight excluding hydrogens is 1200 g/mol. The zero-order valence-electron chi connectivity index (χ0n) is 44.3. The molecular formula is C42H73N3O37S2. The van der Waals surface area contributed by atoms with E-state index in [0.717, 1.165) is 20.8 Å². The smallest absolute Gasteiger partial charge is 0.394 e. The van der Waals surface area contributed by atoms with Crippen molar-refractivity contribution in [3.63, 3.8) is 0 Å². The lowest BCUT2D eigenvalue weighted by atomic mass is 9.94. The molecule has 29 atom stereocenters. The molecule has 3 amide bonds. The molecule has 5 rings (SSSR count). The molecule has 0 aromatic rings. The number of hydrogen-bond donors (Lipinski definition) is 21. The molecule has 0 spiro atoms. The van der Waals surface area contributed by atoms with Crippen LogP contribution in [0.15, 0.2) is 0 Å². The Labute approximate surface area is 476 Å². The van der Waals surface area contributed by atoms with Crippen molar-refractivity contribution in [3.05, 3.63) is 0 Å². The number of nitrogens with one attached hydrogen (secondary N) is 3. The SMILES string of the molecule is CC(=O)N[C@H]1[C@H](OC[C@H]2O[C@@H](O[C@@H]([C@@H](O)[C@H](O)CO)[C@H](CO)NC(C)=O)[C@H](O)[C@@H](O[C@@H]3O[C@H](CO[C@@H]4O[C@H](CO)[C@H](O)[C@H](OS(=O)(=O)O)[C@H]4O)[C@@H](O)[C@H](O)[C@H]3NC(C)=O)[C@H]2O)O[C@H](CO)[C@@H](O[C@@H]2O[C@H](CO)[C@H](O)[C@H](OS(=O)(=O)O)[C@H]2O)[C@@H]1O. The number of hydrogen-bond acceptors (Lipinski definition) is 35. The molecule has 0 aromatic carbocycles. The Morgan fingerprint density at radius 1 is 0.464 bits per heavy atom. The Morgan fingerprint density at radius 3 is 1.36 bits per heavy atom. The van der Waals surface area contributed by atoms with E-state index in [1.807, 2.05) is 0 Å². The first-order chi connectivity index (χ1) is 39.2. The van der Waals surface area contributed by atoms with Gasteiger partial charge in [-0.1, -0.05) is 0 Å². The first kappa shape index (κ1) is 71.9. The second-order valence-corrected chi connectivity index (χ2v) is 21.9. The van der Waals surface area contributed by atoms with Gasteiger partial charge < -0.3 is 145 Å². The van der Waals surface area contributed by atoms with E-state index in [-0.39, 0.29) is 0 Å². The summed E-state index contributed by atoms with van der Waals surface area (Å²) in [6.45, 7) is -4.86. The van der Waals surface area contributed by atoms with Gasteiger partial charge in [-0.15, -0.1) is 0 Å². The van der Waals surface area contributed by atoms with Crippen molar-refractivity contribution in [3.8, 4) is 0 Å². The molecule has 5 saturated heterocycles. The molecule has 0 aliphatic carbocycles. The molecule has 40 nitrogen and oxygen atoms in total. The minimum atomic E-state index is -5.42. The molecule has 42 heteroatoms. The number of aliphatic hydroxyl groups is 16. The topological polar surface area (TPSA) is 630 Å². The predicted octanol–water partition coefficient (Wildman–Crippen LogP) is -14.4. The van der Waals surface area contributed by atoms with Crippen molar-refractivity contribution in [2.24, 2.45) is 0 Å². The summed E-state index contributed by atoms with van der Waals surface area (Å²) in [5.41, 5.74) is 0. The first-order valence-electron chi connectivity index (χ1n) is 25.3.